The highest BCUT2D eigenvalue weighted by molar-refractivity contribution is 5.80. The molecule has 1 saturated carbocycles. The van der Waals surface area contributed by atoms with Gasteiger partial charge in [0.1, 0.15) is 5.65 Å². The number of amides is 1. The van der Waals surface area contributed by atoms with Crippen molar-refractivity contribution >= 4 is 16.9 Å². The van der Waals surface area contributed by atoms with Crippen LogP contribution in [0, 0.1) is 5.92 Å². The van der Waals surface area contributed by atoms with Gasteiger partial charge in [0, 0.05) is 37.8 Å². The molecule has 0 unspecified atom stereocenters. The fourth-order valence-electron chi connectivity index (χ4n) is 3.38. The highest BCUT2D eigenvalue weighted by Gasteiger charge is 2.18. The van der Waals surface area contributed by atoms with Crippen molar-refractivity contribution in [3.05, 3.63) is 30.1 Å². The van der Waals surface area contributed by atoms with Crippen LogP contribution >= 0.6 is 0 Å². The van der Waals surface area contributed by atoms with E-state index in [1.807, 2.05) is 23.9 Å². The summed E-state index contributed by atoms with van der Waals surface area (Å²) >= 11 is 0. The van der Waals surface area contributed by atoms with Crippen LogP contribution in [0.15, 0.2) is 24.5 Å². The number of hydrogen-bond donors (Lipinski definition) is 1. The minimum atomic E-state index is 0.209. The molecule has 4 nitrogen and oxygen atoms in total. The monoisotopic (exact) mass is 285 g/mol. The van der Waals surface area contributed by atoms with Crippen LogP contribution in [0.1, 0.15) is 37.7 Å². The van der Waals surface area contributed by atoms with Crippen LogP contribution in [-0.4, -0.2) is 22.0 Å². The zero-order valence-electron chi connectivity index (χ0n) is 12.6. The number of nitrogens with zero attached hydrogens (tertiary/aromatic N) is 2. The van der Waals surface area contributed by atoms with Gasteiger partial charge in [-0.2, -0.15) is 0 Å². The fourth-order valence-corrected chi connectivity index (χ4v) is 3.38. The minimum absolute atomic E-state index is 0.209. The maximum atomic E-state index is 11.9. The molecule has 0 spiro atoms. The predicted molar refractivity (Wildman–Crippen MR) is 84.0 cm³/mol. The van der Waals surface area contributed by atoms with Gasteiger partial charge in [0.05, 0.1) is 0 Å². The maximum Gasteiger partial charge on any atom is 0.220 e. The summed E-state index contributed by atoms with van der Waals surface area (Å²) in [7, 11) is 2.01. The van der Waals surface area contributed by atoms with Crippen LogP contribution in [-0.2, 0) is 18.3 Å². The van der Waals surface area contributed by atoms with Crippen LogP contribution in [0.2, 0.25) is 0 Å². The second kappa shape index (κ2) is 6.29. The summed E-state index contributed by atoms with van der Waals surface area (Å²) in [6, 6.07) is 4.06. The van der Waals surface area contributed by atoms with Crippen molar-refractivity contribution in [1.29, 1.82) is 0 Å². The van der Waals surface area contributed by atoms with E-state index in [2.05, 4.69) is 22.6 Å². The van der Waals surface area contributed by atoms with E-state index in [1.54, 1.807) is 0 Å². The first kappa shape index (κ1) is 14.1. The quantitative estimate of drug-likeness (QED) is 0.918. The van der Waals surface area contributed by atoms with Crippen LogP contribution in [0.25, 0.3) is 11.0 Å². The van der Waals surface area contributed by atoms with Crippen molar-refractivity contribution < 1.29 is 4.79 Å². The molecule has 2 aromatic heterocycles. The van der Waals surface area contributed by atoms with Gasteiger partial charge in [-0.05, 0) is 42.9 Å². The van der Waals surface area contributed by atoms with Crippen molar-refractivity contribution in [2.45, 2.75) is 38.5 Å². The van der Waals surface area contributed by atoms with Gasteiger partial charge >= 0.3 is 0 Å². The first-order valence-electron chi connectivity index (χ1n) is 7.89. The summed E-state index contributed by atoms with van der Waals surface area (Å²) in [5.41, 5.74) is 2.26. The number of fused-ring (bicyclic) bond motifs is 1. The van der Waals surface area contributed by atoms with Gasteiger partial charge in [0.25, 0.3) is 0 Å². The molecule has 0 aromatic carbocycles. The predicted octanol–water partition coefficient (Wildman–Crippen LogP) is 2.81. The maximum absolute atomic E-state index is 11.9. The van der Waals surface area contributed by atoms with E-state index in [0.29, 0.717) is 18.9 Å². The average Bonchev–Trinajstić information content (AvgIpc) is 3.09. The molecule has 1 aliphatic carbocycles. The Morgan fingerprint density at radius 2 is 2.24 bits per heavy atom. The minimum Gasteiger partial charge on any atom is -0.356 e. The Labute approximate surface area is 125 Å². The van der Waals surface area contributed by atoms with Gasteiger partial charge in [-0.3, -0.25) is 4.79 Å². The number of pyridine rings is 1. The lowest BCUT2D eigenvalue weighted by atomic mass is 10.0. The molecule has 2 heterocycles. The third kappa shape index (κ3) is 3.26. The van der Waals surface area contributed by atoms with Crippen LogP contribution in [0.5, 0.6) is 0 Å². The standard InChI is InChI=1S/C17H23N3O/c1-20-12-14(15-7-4-9-19-17(15)20)8-10-18-16(21)11-13-5-2-3-6-13/h4,7,9,12-13H,2-3,5-6,8,10-11H2,1H3,(H,18,21). The normalized spacial score (nSPS) is 15.7. The van der Waals surface area contributed by atoms with E-state index < -0.39 is 0 Å². The van der Waals surface area contributed by atoms with E-state index in [4.69, 9.17) is 0 Å². The van der Waals surface area contributed by atoms with Crippen molar-refractivity contribution in [3.8, 4) is 0 Å². The molecule has 0 saturated heterocycles. The molecule has 0 aliphatic heterocycles. The Balaban J connectivity index is 1.53. The topological polar surface area (TPSA) is 46.9 Å². The van der Waals surface area contributed by atoms with Crippen LogP contribution < -0.4 is 5.32 Å². The number of carbonyl (C=O) groups is 1. The molecule has 4 heteroatoms. The molecule has 2 aromatic rings. The highest BCUT2D eigenvalue weighted by atomic mass is 16.1. The number of aromatic nitrogens is 2. The molecule has 21 heavy (non-hydrogen) atoms. The molecule has 0 bridgehead atoms. The van der Waals surface area contributed by atoms with Crippen molar-refractivity contribution in [2.24, 2.45) is 13.0 Å². The molecular formula is C17H23N3O. The molecule has 0 radical (unpaired) electrons. The Bertz CT molecular complexity index is 626. The van der Waals surface area contributed by atoms with Crippen LogP contribution in [0.4, 0.5) is 0 Å². The number of aryl methyl sites for hydroxylation is 1. The second-order valence-corrected chi connectivity index (χ2v) is 6.09. The van der Waals surface area contributed by atoms with Gasteiger partial charge in [-0.1, -0.05) is 12.8 Å². The SMILES string of the molecule is Cn1cc(CCNC(=O)CC2CCCC2)c2cccnc21. The Hall–Kier alpha value is -1.84. The molecule has 1 amide bonds. The molecule has 1 N–H and O–H groups in total. The smallest absolute Gasteiger partial charge is 0.220 e. The summed E-state index contributed by atoms with van der Waals surface area (Å²) < 4.78 is 2.05. The van der Waals surface area contributed by atoms with E-state index in [0.717, 1.165) is 12.1 Å². The molecular weight excluding hydrogens is 262 g/mol. The lowest BCUT2D eigenvalue weighted by Gasteiger charge is -2.09. The summed E-state index contributed by atoms with van der Waals surface area (Å²) in [6.07, 6.45) is 10.5. The van der Waals surface area contributed by atoms with E-state index in [-0.39, 0.29) is 5.91 Å². The second-order valence-electron chi connectivity index (χ2n) is 6.09. The van der Waals surface area contributed by atoms with Gasteiger partial charge < -0.3 is 9.88 Å². The Morgan fingerprint density at radius 1 is 1.43 bits per heavy atom. The molecule has 112 valence electrons. The molecule has 3 rings (SSSR count). The van der Waals surface area contributed by atoms with Gasteiger partial charge in [-0.25, -0.2) is 4.98 Å². The summed E-state index contributed by atoms with van der Waals surface area (Å²) in [5.74, 6) is 0.826. The van der Waals surface area contributed by atoms with Gasteiger partial charge in [-0.15, -0.1) is 0 Å². The van der Waals surface area contributed by atoms with E-state index in [9.17, 15) is 4.79 Å². The third-order valence-corrected chi connectivity index (χ3v) is 4.48. The molecule has 1 aliphatic rings. The fraction of sp³-hybridized carbons (Fsp3) is 0.529. The van der Waals surface area contributed by atoms with Crippen molar-refractivity contribution in [2.75, 3.05) is 6.54 Å². The van der Waals surface area contributed by atoms with Gasteiger partial charge in [0.2, 0.25) is 5.91 Å². The summed E-state index contributed by atoms with van der Waals surface area (Å²) in [5, 5.41) is 4.25. The average molecular weight is 285 g/mol. The number of hydrogen-bond acceptors (Lipinski definition) is 2. The highest BCUT2D eigenvalue weighted by Crippen LogP contribution is 2.27. The Morgan fingerprint density at radius 3 is 3.05 bits per heavy atom. The van der Waals surface area contributed by atoms with Crippen molar-refractivity contribution in [3.63, 3.8) is 0 Å². The zero-order valence-corrected chi connectivity index (χ0v) is 12.6. The van der Waals surface area contributed by atoms with E-state index in [1.165, 1.54) is 36.6 Å². The number of rotatable bonds is 5. The summed E-state index contributed by atoms with van der Waals surface area (Å²) in [6.45, 7) is 0.708. The number of carbonyl (C=O) groups excluding carboxylic acids is 1. The zero-order chi connectivity index (χ0) is 14.7. The number of nitrogens with one attached hydrogen (secondary N) is 1. The van der Waals surface area contributed by atoms with Crippen molar-refractivity contribution in [1.82, 2.24) is 14.9 Å². The van der Waals surface area contributed by atoms with Gasteiger partial charge in [0.15, 0.2) is 0 Å². The first-order valence-corrected chi connectivity index (χ1v) is 7.89. The largest absolute Gasteiger partial charge is 0.356 e. The lowest BCUT2D eigenvalue weighted by Crippen LogP contribution is -2.27. The summed E-state index contributed by atoms with van der Waals surface area (Å²) in [4.78, 5) is 16.3. The lowest BCUT2D eigenvalue weighted by molar-refractivity contribution is -0.121. The molecule has 0 atom stereocenters. The van der Waals surface area contributed by atoms with Crippen LogP contribution in [0.3, 0.4) is 0 Å². The van der Waals surface area contributed by atoms with E-state index >= 15 is 0 Å². The molecule has 1 fully saturated rings. The third-order valence-electron chi connectivity index (χ3n) is 4.48. The Kier molecular flexibility index (Phi) is 4.23. The first-order chi connectivity index (χ1) is 10.2.